The molecule has 0 bridgehead atoms. The first-order valence-electron chi connectivity index (χ1n) is 3.70. The minimum Gasteiger partial charge on any atom is -0.479 e. The van der Waals surface area contributed by atoms with Crippen LogP contribution in [0.25, 0.3) is 0 Å². The summed E-state index contributed by atoms with van der Waals surface area (Å²) in [6, 6.07) is 1.85. The summed E-state index contributed by atoms with van der Waals surface area (Å²) in [5, 5.41) is 27.4. The number of nitrogens with zero attached hydrogens (tertiary/aromatic N) is 1. The van der Waals surface area contributed by atoms with Gasteiger partial charge in [-0.05, 0) is 0 Å². The van der Waals surface area contributed by atoms with E-state index in [-0.39, 0.29) is 18.1 Å². The number of carbonyl (C=O) groups is 2. The fraction of sp³-hybridized carbons (Fsp3) is 0.571. The molecule has 0 radical (unpaired) electrons. The Morgan fingerprint density at radius 1 is 1.57 bits per heavy atom. The maximum atomic E-state index is 10.9. The number of carboxylic acid groups (broad SMARTS) is 1. The molecule has 0 aliphatic heterocycles. The van der Waals surface area contributed by atoms with E-state index in [1.165, 1.54) is 0 Å². The molecule has 1 atom stereocenters. The Balaban J connectivity index is 3.54. The molecule has 0 rings (SSSR count). The molecule has 0 heterocycles. The average Bonchev–Trinajstić information content (AvgIpc) is 2.14. The Bertz CT molecular complexity index is 251. The SMILES string of the molecule is N#CCSCC(=O)NCC(O)C(=O)O. The molecule has 0 aromatic rings. The molecule has 0 aromatic carbocycles. The van der Waals surface area contributed by atoms with Gasteiger partial charge in [-0.3, -0.25) is 4.79 Å². The molecule has 0 aromatic heterocycles. The van der Waals surface area contributed by atoms with Crippen LogP contribution >= 0.6 is 11.8 Å². The third kappa shape index (κ3) is 6.28. The standard InChI is InChI=1S/C7H10N2O4S/c8-1-2-14-4-6(11)9-3-5(10)7(12)13/h5,10H,2-4H2,(H,9,11)(H,12,13). The van der Waals surface area contributed by atoms with Crippen molar-refractivity contribution in [1.82, 2.24) is 5.32 Å². The van der Waals surface area contributed by atoms with Crippen LogP contribution in [0.5, 0.6) is 0 Å². The molecule has 0 fully saturated rings. The number of rotatable bonds is 6. The van der Waals surface area contributed by atoms with Gasteiger partial charge in [0.1, 0.15) is 0 Å². The maximum Gasteiger partial charge on any atom is 0.334 e. The lowest BCUT2D eigenvalue weighted by atomic mass is 10.3. The second-order valence-electron chi connectivity index (χ2n) is 2.31. The van der Waals surface area contributed by atoms with Crippen LogP contribution < -0.4 is 5.32 Å². The smallest absolute Gasteiger partial charge is 0.334 e. The molecule has 0 aliphatic carbocycles. The monoisotopic (exact) mass is 218 g/mol. The number of carboxylic acids is 1. The zero-order chi connectivity index (χ0) is 11.0. The van der Waals surface area contributed by atoms with Gasteiger partial charge in [0.15, 0.2) is 6.10 Å². The Labute approximate surface area is 84.9 Å². The fourth-order valence-corrected chi connectivity index (χ4v) is 1.02. The van der Waals surface area contributed by atoms with E-state index in [1.54, 1.807) is 0 Å². The third-order valence-electron chi connectivity index (χ3n) is 1.18. The number of amides is 1. The summed E-state index contributed by atoms with van der Waals surface area (Å²) < 4.78 is 0. The van der Waals surface area contributed by atoms with E-state index >= 15 is 0 Å². The topological polar surface area (TPSA) is 110 Å². The van der Waals surface area contributed by atoms with Gasteiger partial charge in [-0.15, -0.1) is 11.8 Å². The van der Waals surface area contributed by atoms with Crippen LogP contribution in [0.2, 0.25) is 0 Å². The van der Waals surface area contributed by atoms with E-state index < -0.39 is 18.0 Å². The van der Waals surface area contributed by atoms with E-state index in [0.717, 1.165) is 11.8 Å². The van der Waals surface area contributed by atoms with Gasteiger partial charge in [0.25, 0.3) is 0 Å². The van der Waals surface area contributed by atoms with Crippen LogP contribution in [0.1, 0.15) is 0 Å². The Morgan fingerprint density at radius 3 is 2.71 bits per heavy atom. The number of nitrogens with one attached hydrogen (secondary N) is 1. The highest BCUT2D eigenvalue weighted by atomic mass is 32.2. The summed E-state index contributed by atoms with van der Waals surface area (Å²) in [5.74, 6) is -1.49. The van der Waals surface area contributed by atoms with Crippen molar-refractivity contribution in [3.8, 4) is 6.07 Å². The Morgan fingerprint density at radius 2 is 2.21 bits per heavy atom. The van der Waals surface area contributed by atoms with Gasteiger partial charge in [-0.25, -0.2) is 4.79 Å². The molecule has 6 nitrogen and oxygen atoms in total. The van der Waals surface area contributed by atoms with Crippen molar-refractivity contribution in [2.75, 3.05) is 18.1 Å². The van der Waals surface area contributed by atoms with Gasteiger partial charge < -0.3 is 15.5 Å². The molecule has 14 heavy (non-hydrogen) atoms. The predicted octanol–water partition coefficient (Wildman–Crippen LogP) is -1.20. The summed E-state index contributed by atoms with van der Waals surface area (Å²) in [6.45, 7) is -0.318. The van der Waals surface area contributed by atoms with Gasteiger partial charge in [0.2, 0.25) is 5.91 Å². The Kier molecular flexibility index (Phi) is 6.53. The summed E-state index contributed by atoms with van der Waals surface area (Å²) in [4.78, 5) is 21.0. The van der Waals surface area contributed by atoms with Crippen LogP contribution in [0.4, 0.5) is 0 Å². The maximum absolute atomic E-state index is 10.9. The molecule has 0 saturated carbocycles. The van der Waals surface area contributed by atoms with E-state index in [1.807, 2.05) is 6.07 Å². The lowest BCUT2D eigenvalue weighted by Gasteiger charge is -2.06. The number of hydrogen-bond donors (Lipinski definition) is 3. The zero-order valence-electron chi connectivity index (χ0n) is 7.27. The largest absolute Gasteiger partial charge is 0.479 e. The first-order chi connectivity index (χ1) is 6.57. The molecular weight excluding hydrogens is 208 g/mol. The number of aliphatic hydroxyl groups excluding tert-OH is 1. The van der Waals surface area contributed by atoms with Crippen LogP contribution in [-0.2, 0) is 9.59 Å². The van der Waals surface area contributed by atoms with Crippen molar-refractivity contribution in [1.29, 1.82) is 5.26 Å². The number of thioether (sulfide) groups is 1. The first kappa shape index (κ1) is 12.7. The highest BCUT2D eigenvalue weighted by Crippen LogP contribution is 1.96. The molecule has 0 aliphatic rings. The molecular formula is C7H10N2O4S. The van der Waals surface area contributed by atoms with Gasteiger partial charge in [0, 0.05) is 0 Å². The molecule has 1 amide bonds. The lowest BCUT2D eigenvalue weighted by Crippen LogP contribution is -2.37. The molecule has 7 heteroatoms. The Hall–Kier alpha value is -1.26. The van der Waals surface area contributed by atoms with Crippen molar-refractivity contribution in [2.24, 2.45) is 0 Å². The second-order valence-corrected chi connectivity index (χ2v) is 3.29. The molecule has 1 unspecified atom stereocenters. The molecule has 3 N–H and O–H groups in total. The minimum atomic E-state index is -1.58. The van der Waals surface area contributed by atoms with E-state index in [2.05, 4.69) is 5.32 Å². The third-order valence-corrected chi connectivity index (χ3v) is 1.98. The van der Waals surface area contributed by atoms with E-state index in [4.69, 9.17) is 15.5 Å². The van der Waals surface area contributed by atoms with Crippen molar-refractivity contribution in [2.45, 2.75) is 6.10 Å². The van der Waals surface area contributed by atoms with Crippen molar-refractivity contribution in [3.05, 3.63) is 0 Å². The summed E-state index contributed by atoms with van der Waals surface area (Å²) in [5.41, 5.74) is 0. The number of nitriles is 1. The van der Waals surface area contributed by atoms with Gasteiger partial charge in [-0.1, -0.05) is 0 Å². The molecule has 78 valence electrons. The van der Waals surface area contributed by atoms with Gasteiger partial charge in [0.05, 0.1) is 24.1 Å². The zero-order valence-corrected chi connectivity index (χ0v) is 8.08. The normalized spacial score (nSPS) is 11.4. The highest BCUT2D eigenvalue weighted by molar-refractivity contribution is 8.00. The van der Waals surface area contributed by atoms with Crippen molar-refractivity contribution >= 4 is 23.6 Å². The fourth-order valence-electron chi connectivity index (χ4n) is 0.538. The van der Waals surface area contributed by atoms with Gasteiger partial charge >= 0.3 is 5.97 Å². The van der Waals surface area contributed by atoms with Gasteiger partial charge in [-0.2, -0.15) is 5.26 Å². The molecule has 0 spiro atoms. The summed E-state index contributed by atoms with van der Waals surface area (Å²) in [6.07, 6.45) is -1.58. The van der Waals surface area contributed by atoms with Crippen LogP contribution in [0.15, 0.2) is 0 Å². The number of aliphatic carboxylic acids is 1. The first-order valence-corrected chi connectivity index (χ1v) is 4.85. The summed E-state index contributed by atoms with van der Waals surface area (Å²) >= 11 is 1.12. The minimum absolute atomic E-state index is 0.0832. The number of aliphatic hydroxyl groups is 1. The lowest BCUT2D eigenvalue weighted by molar-refractivity contribution is -0.146. The quantitative estimate of drug-likeness (QED) is 0.483. The average molecular weight is 218 g/mol. The van der Waals surface area contributed by atoms with E-state index in [9.17, 15) is 9.59 Å². The molecule has 0 saturated heterocycles. The van der Waals surface area contributed by atoms with Crippen molar-refractivity contribution < 1.29 is 19.8 Å². The predicted molar refractivity (Wildman–Crippen MR) is 49.6 cm³/mol. The van der Waals surface area contributed by atoms with Crippen LogP contribution in [-0.4, -0.2) is 46.2 Å². The van der Waals surface area contributed by atoms with Crippen LogP contribution in [0.3, 0.4) is 0 Å². The van der Waals surface area contributed by atoms with E-state index in [0.29, 0.717) is 0 Å². The number of carbonyl (C=O) groups excluding carboxylic acids is 1. The van der Waals surface area contributed by atoms with Crippen LogP contribution in [0, 0.1) is 11.3 Å². The number of hydrogen-bond acceptors (Lipinski definition) is 5. The highest BCUT2D eigenvalue weighted by Gasteiger charge is 2.13. The van der Waals surface area contributed by atoms with Crippen molar-refractivity contribution in [3.63, 3.8) is 0 Å². The second kappa shape index (κ2) is 7.17. The summed E-state index contributed by atoms with van der Waals surface area (Å²) in [7, 11) is 0.